The van der Waals surface area contributed by atoms with E-state index < -0.39 is 0 Å². The van der Waals surface area contributed by atoms with Gasteiger partial charge in [-0.25, -0.2) is 9.97 Å². The van der Waals surface area contributed by atoms with Gasteiger partial charge in [-0.15, -0.1) is 11.3 Å². The van der Waals surface area contributed by atoms with Crippen molar-refractivity contribution in [1.82, 2.24) is 9.97 Å². The Morgan fingerprint density at radius 2 is 2.14 bits per heavy atom. The van der Waals surface area contributed by atoms with E-state index in [-0.39, 0.29) is 11.1 Å². The minimum absolute atomic E-state index is 0.195. The van der Waals surface area contributed by atoms with Crippen LogP contribution in [0.15, 0.2) is 36.5 Å². The third-order valence-corrected chi connectivity index (χ3v) is 4.78. The SMILES string of the molecule is CC(C)c1nc2ccc(NC(=O)c3cccnc3Cl)cc2s1. The number of thiazole rings is 1. The molecule has 2 heterocycles. The van der Waals surface area contributed by atoms with Crippen LogP contribution in [0.2, 0.25) is 5.15 Å². The van der Waals surface area contributed by atoms with Gasteiger partial charge in [0.2, 0.25) is 0 Å². The summed E-state index contributed by atoms with van der Waals surface area (Å²) in [6.45, 7) is 4.23. The largest absolute Gasteiger partial charge is 0.322 e. The number of aromatic nitrogens is 2. The number of benzene rings is 1. The Hall–Kier alpha value is -1.98. The van der Waals surface area contributed by atoms with E-state index >= 15 is 0 Å². The summed E-state index contributed by atoms with van der Waals surface area (Å²) in [5.41, 5.74) is 2.03. The highest BCUT2D eigenvalue weighted by Crippen LogP contribution is 2.29. The molecule has 3 rings (SSSR count). The quantitative estimate of drug-likeness (QED) is 0.706. The van der Waals surface area contributed by atoms with Crippen LogP contribution in [-0.2, 0) is 0 Å². The summed E-state index contributed by atoms with van der Waals surface area (Å²) in [6, 6.07) is 9.02. The molecule has 0 bridgehead atoms. The molecule has 22 heavy (non-hydrogen) atoms. The molecule has 0 unspecified atom stereocenters. The predicted molar refractivity (Wildman–Crippen MR) is 90.9 cm³/mol. The van der Waals surface area contributed by atoms with Gasteiger partial charge in [0.1, 0.15) is 5.15 Å². The highest BCUT2D eigenvalue weighted by atomic mass is 35.5. The van der Waals surface area contributed by atoms with E-state index in [9.17, 15) is 4.79 Å². The third-order valence-electron chi connectivity index (χ3n) is 3.16. The average Bonchev–Trinajstić information content (AvgIpc) is 2.91. The number of fused-ring (bicyclic) bond motifs is 1. The number of hydrogen-bond acceptors (Lipinski definition) is 4. The van der Waals surface area contributed by atoms with Gasteiger partial charge in [0.05, 0.1) is 20.8 Å². The lowest BCUT2D eigenvalue weighted by atomic mass is 10.2. The summed E-state index contributed by atoms with van der Waals surface area (Å²) in [5.74, 6) is 0.121. The van der Waals surface area contributed by atoms with Crippen LogP contribution in [0.4, 0.5) is 5.69 Å². The van der Waals surface area contributed by atoms with Gasteiger partial charge >= 0.3 is 0 Å². The van der Waals surface area contributed by atoms with Crippen molar-refractivity contribution < 1.29 is 4.79 Å². The molecule has 1 N–H and O–H groups in total. The molecule has 4 nitrogen and oxygen atoms in total. The first kappa shape index (κ1) is 14.9. The Balaban J connectivity index is 1.88. The normalized spacial score (nSPS) is 11.1. The van der Waals surface area contributed by atoms with E-state index in [1.807, 2.05) is 18.2 Å². The first-order valence-corrected chi connectivity index (χ1v) is 8.06. The fourth-order valence-electron chi connectivity index (χ4n) is 2.02. The summed E-state index contributed by atoms with van der Waals surface area (Å²) in [5, 5.41) is 4.13. The van der Waals surface area contributed by atoms with Crippen LogP contribution in [0, 0.1) is 0 Å². The lowest BCUT2D eigenvalue weighted by molar-refractivity contribution is 0.102. The summed E-state index contributed by atoms with van der Waals surface area (Å²) in [7, 11) is 0. The Morgan fingerprint density at radius 1 is 1.32 bits per heavy atom. The van der Waals surface area contributed by atoms with Crippen LogP contribution in [-0.4, -0.2) is 15.9 Å². The smallest absolute Gasteiger partial charge is 0.258 e. The third kappa shape index (κ3) is 2.96. The molecule has 0 aliphatic heterocycles. The van der Waals surface area contributed by atoms with Crippen LogP contribution in [0.1, 0.15) is 35.1 Å². The standard InChI is InChI=1S/C16H14ClN3OS/c1-9(2)16-20-12-6-5-10(8-13(12)22-16)19-15(21)11-4-3-7-18-14(11)17/h3-9H,1-2H3,(H,19,21). The molecule has 6 heteroatoms. The Morgan fingerprint density at radius 3 is 2.86 bits per heavy atom. The summed E-state index contributed by atoms with van der Waals surface area (Å²) < 4.78 is 1.05. The molecule has 2 aromatic heterocycles. The predicted octanol–water partition coefficient (Wildman–Crippen LogP) is 4.72. The van der Waals surface area contributed by atoms with Crippen LogP contribution in [0.25, 0.3) is 10.2 Å². The maximum Gasteiger partial charge on any atom is 0.258 e. The van der Waals surface area contributed by atoms with Gasteiger partial charge < -0.3 is 5.32 Å². The first-order valence-electron chi connectivity index (χ1n) is 6.87. The molecule has 1 amide bonds. The molecule has 0 fully saturated rings. The number of rotatable bonds is 3. The van der Waals surface area contributed by atoms with Gasteiger partial charge in [0.25, 0.3) is 5.91 Å². The minimum Gasteiger partial charge on any atom is -0.322 e. The zero-order valence-corrected chi connectivity index (χ0v) is 13.7. The summed E-state index contributed by atoms with van der Waals surface area (Å²) >= 11 is 7.58. The molecule has 0 aliphatic carbocycles. The second kappa shape index (κ2) is 6.02. The molecule has 0 atom stereocenters. The van der Waals surface area contributed by atoms with Crippen molar-refractivity contribution in [3.05, 3.63) is 52.3 Å². The van der Waals surface area contributed by atoms with Crippen molar-refractivity contribution in [2.45, 2.75) is 19.8 Å². The lowest BCUT2D eigenvalue weighted by Gasteiger charge is -2.05. The first-order chi connectivity index (χ1) is 10.5. The van der Waals surface area contributed by atoms with Crippen molar-refractivity contribution in [2.24, 2.45) is 0 Å². The monoisotopic (exact) mass is 331 g/mol. The van der Waals surface area contributed by atoms with Gasteiger partial charge in [-0.1, -0.05) is 25.4 Å². The van der Waals surface area contributed by atoms with Gasteiger partial charge in [0, 0.05) is 17.8 Å². The highest BCUT2D eigenvalue weighted by molar-refractivity contribution is 7.18. The van der Waals surface area contributed by atoms with E-state index in [4.69, 9.17) is 11.6 Å². The van der Waals surface area contributed by atoms with Crippen molar-refractivity contribution in [2.75, 3.05) is 5.32 Å². The van der Waals surface area contributed by atoms with Gasteiger partial charge in [-0.05, 0) is 30.3 Å². The van der Waals surface area contributed by atoms with Crippen molar-refractivity contribution in [1.29, 1.82) is 0 Å². The maximum absolute atomic E-state index is 12.2. The maximum atomic E-state index is 12.2. The topological polar surface area (TPSA) is 54.9 Å². The van der Waals surface area contributed by atoms with Crippen LogP contribution >= 0.6 is 22.9 Å². The second-order valence-corrected chi connectivity index (χ2v) is 6.61. The number of carbonyl (C=O) groups is 1. The molecule has 0 aliphatic rings. The average molecular weight is 332 g/mol. The molecule has 0 spiro atoms. The van der Waals surface area contributed by atoms with Crippen molar-refractivity contribution >= 4 is 44.7 Å². The van der Waals surface area contributed by atoms with Gasteiger partial charge in [-0.3, -0.25) is 4.79 Å². The molecule has 112 valence electrons. The number of pyridine rings is 1. The number of carbonyl (C=O) groups excluding carboxylic acids is 1. The fourth-order valence-corrected chi connectivity index (χ4v) is 3.24. The molecular weight excluding hydrogens is 318 g/mol. The van der Waals surface area contributed by atoms with Gasteiger partial charge in [-0.2, -0.15) is 0 Å². The van der Waals surface area contributed by atoms with Gasteiger partial charge in [0.15, 0.2) is 0 Å². The lowest BCUT2D eigenvalue weighted by Crippen LogP contribution is -2.12. The van der Waals surface area contributed by atoms with Crippen LogP contribution in [0.3, 0.4) is 0 Å². The van der Waals surface area contributed by atoms with Crippen LogP contribution in [0.5, 0.6) is 0 Å². The van der Waals surface area contributed by atoms with E-state index in [0.29, 0.717) is 11.5 Å². The number of amides is 1. The number of halogens is 1. The summed E-state index contributed by atoms with van der Waals surface area (Å²) in [6.07, 6.45) is 1.55. The fraction of sp³-hybridized carbons (Fsp3) is 0.188. The molecule has 0 saturated carbocycles. The molecule has 1 aromatic carbocycles. The van der Waals surface area contributed by atoms with Crippen molar-refractivity contribution in [3.63, 3.8) is 0 Å². The van der Waals surface area contributed by atoms with E-state index in [2.05, 4.69) is 29.1 Å². The number of nitrogens with one attached hydrogen (secondary N) is 1. The zero-order valence-electron chi connectivity index (χ0n) is 12.1. The molecular formula is C16H14ClN3OS. The van der Waals surface area contributed by atoms with E-state index in [1.165, 1.54) is 0 Å². The van der Waals surface area contributed by atoms with Crippen molar-refractivity contribution in [3.8, 4) is 0 Å². The minimum atomic E-state index is -0.272. The number of anilines is 1. The molecule has 0 radical (unpaired) electrons. The highest BCUT2D eigenvalue weighted by Gasteiger charge is 2.12. The molecule has 0 saturated heterocycles. The number of nitrogens with zero attached hydrogens (tertiary/aromatic N) is 2. The Kier molecular flexibility index (Phi) is 4.09. The number of hydrogen-bond donors (Lipinski definition) is 1. The second-order valence-electron chi connectivity index (χ2n) is 5.19. The van der Waals surface area contributed by atoms with E-state index in [0.717, 1.165) is 20.9 Å². The molecule has 3 aromatic rings. The van der Waals surface area contributed by atoms with Crippen LogP contribution < -0.4 is 5.32 Å². The summed E-state index contributed by atoms with van der Waals surface area (Å²) in [4.78, 5) is 20.7. The Bertz CT molecular complexity index is 844. The van der Waals surface area contributed by atoms with E-state index in [1.54, 1.807) is 29.7 Å². The zero-order chi connectivity index (χ0) is 15.7. The Labute approximate surface area is 137 Å².